The maximum absolute atomic E-state index is 14.0. The van der Waals surface area contributed by atoms with Gasteiger partial charge in [0.15, 0.2) is 0 Å². The molecule has 0 bridgehead atoms. The van der Waals surface area contributed by atoms with Crippen LogP contribution in [-0.2, 0) is 14.3 Å². The molecule has 4 rings (SSSR count). The number of para-hydroxylation sites is 2. The summed E-state index contributed by atoms with van der Waals surface area (Å²) in [7, 11) is 1.50. The molecule has 1 aromatic heterocycles. The van der Waals surface area contributed by atoms with Gasteiger partial charge >= 0.3 is 5.97 Å². The number of rotatable bonds is 5. The van der Waals surface area contributed by atoms with Crippen molar-refractivity contribution in [1.82, 2.24) is 9.55 Å². The molecule has 0 amide bonds. The Morgan fingerprint density at radius 1 is 1.17 bits per heavy atom. The van der Waals surface area contributed by atoms with Crippen molar-refractivity contribution >= 4 is 23.0 Å². The van der Waals surface area contributed by atoms with Crippen LogP contribution in [0, 0.1) is 11.6 Å². The Labute approximate surface area is 165 Å². The molecule has 2 aromatic carbocycles. The third-order valence-corrected chi connectivity index (χ3v) is 4.77. The van der Waals surface area contributed by atoms with Gasteiger partial charge < -0.3 is 14.8 Å². The number of imidazole rings is 1. The number of allylic oxidation sites excluding steroid dienone is 1. The van der Waals surface area contributed by atoms with Crippen LogP contribution in [0.4, 0.5) is 14.7 Å². The molecule has 1 atom stereocenters. The molecule has 2 heterocycles. The van der Waals surface area contributed by atoms with E-state index < -0.39 is 23.6 Å². The number of hydrogen-bond donors (Lipinski definition) is 1. The van der Waals surface area contributed by atoms with Crippen molar-refractivity contribution in [2.75, 3.05) is 25.6 Å². The van der Waals surface area contributed by atoms with Gasteiger partial charge in [-0.15, -0.1) is 0 Å². The summed E-state index contributed by atoms with van der Waals surface area (Å²) in [4.78, 5) is 17.5. The zero-order chi connectivity index (χ0) is 20.5. The molecule has 0 saturated heterocycles. The number of hydrogen-bond acceptors (Lipinski definition) is 5. The topological polar surface area (TPSA) is 65.4 Å². The first-order valence-electron chi connectivity index (χ1n) is 9.06. The van der Waals surface area contributed by atoms with Gasteiger partial charge in [0.05, 0.1) is 29.3 Å². The number of halogens is 2. The lowest BCUT2D eigenvalue weighted by Crippen LogP contribution is -2.29. The number of carbonyl (C=O) groups excluding carboxylic acids is 1. The van der Waals surface area contributed by atoms with E-state index in [0.29, 0.717) is 17.2 Å². The summed E-state index contributed by atoms with van der Waals surface area (Å²) in [6.45, 7) is 2.01. The highest BCUT2D eigenvalue weighted by Crippen LogP contribution is 2.39. The molecule has 1 N–H and O–H groups in total. The summed E-state index contributed by atoms with van der Waals surface area (Å²) < 4.78 is 40.1. The summed E-state index contributed by atoms with van der Waals surface area (Å²) in [6, 6.07) is 9.77. The first kappa shape index (κ1) is 19.1. The van der Waals surface area contributed by atoms with Crippen LogP contribution in [0.25, 0.3) is 11.0 Å². The van der Waals surface area contributed by atoms with E-state index in [2.05, 4.69) is 10.3 Å². The molecule has 0 spiro atoms. The van der Waals surface area contributed by atoms with Gasteiger partial charge in [0.25, 0.3) is 0 Å². The number of methoxy groups -OCH3 is 1. The Hall–Kier alpha value is -3.26. The van der Waals surface area contributed by atoms with Gasteiger partial charge in [-0.25, -0.2) is 18.6 Å². The van der Waals surface area contributed by atoms with Crippen LogP contribution in [-0.4, -0.2) is 35.8 Å². The SMILES string of the molecule is COCCOC(=O)C1=C(C)Nc2nc3ccccc3n2[C@@H]1c1cc(F)cc(F)c1. The maximum Gasteiger partial charge on any atom is 0.338 e. The molecule has 0 radical (unpaired) electrons. The highest BCUT2D eigenvalue weighted by atomic mass is 19.1. The molecule has 8 heteroatoms. The number of aromatic nitrogens is 2. The van der Waals surface area contributed by atoms with Crippen molar-refractivity contribution in [3.05, 3.63) is 70.9 Å². The zero-order valence-electron chi connectivity index (χ0n) is 15.9. The Kier molecular flexibility index (Phi) is 5.02. The number of nitrogens with one attached hydrogen (secondary N) is 1. The first-order valence-corrected chi connectivity index (χ1v) is 9.06. The van der Waals surface area contributed by atoms with Crippen molar-refractivity contribution in [3.8, 4) is 0 Å². The number of benzene rings is 2. The Morgan fingerprint density at radius 3 is 2.62 bits per heavy atom. The fourth-order valence-electron chi connectivity index (χ4n) is 3.57. The second-order valence-corrected chi connectivity index (χ2v) is 6.69. The minimum atomic E-state index is -0.807. The number of carbonyl (C=O) groups is 1. The van der Waals surface area contributed by atoms with E-state index in [1.54, 1.807) is 11.5 Å². The van der Waals surface area contributed by atoms with Crippen LogP contribution in [0.1, 0.15) is 18.5 Å². The van der Waals surface area contributed by atoms with Crippen molar-refractivity contribution in [3.63, 3.8) is 0 Å². The highest BCUT2D eigenvalue weighted by Gasteiger charge is 2.35. The molecular formula is C21H19F2N3O3. The van der Waals surface area contributed by atoms with E-state index in [-0.39, 0.29) is 24.4 Å². The number of nitrogens with zero attached hydrogens (tertiary/aromatic N) is 2. The third kappa shape index (κ3) is 3.47. The molecule has 0 fully saturated rings. The van der Waals surface area contributed by atoms with E-state index in [4.69, 9.17) is 9.47 Å². The standard InChI is InChI=1S/C21H19F2N3O3/c1-12-18(20(27)29-8-7-28-2)19(13-9-14(22)11-15(23)10-13)26-17-6-4-3-5-16(17)25-21(26)24-12/h3-6,9-11,19H,7-8H2,1-2H3,(H,24,25)/t19-/m1/s1. The smallest absolute Gasteiger partial charge is 0.338 e. The van der Waals surface area contributed by atoms with Gasteiger partial charge in [0, 0.05) is 18.9 Å². The van der Waals surface area contributed by atoms with Gasteiger partial charge in [-0.1, -0.05) is 12.1 Å². The Morgan fingerprint density at radius 2 is 1.90 bits per heavy atom. The van der Waals surface area contributed by atoms with Gasteiger partial charge in [-0.2, -0.15) is 0 Å². The normalized spacial score (nSPS) is 15.9. The molecule has 29 heavy (non-hydrogen) atoms. The van der Waals surface area contributed by atoms with E-state index in [1.807, 2.05) is 24.3 Å². The molecule has 6 nitrogen and oxygen atoms in total. The van der Waals surface area contributed by atoms with E-state index in [0.717, 1.165) is 11.6 Å². The lowest BCUT2D eigenvalue weighted by molar-refractivity contribution is -0.140. The van der Waals surface area contributed by atoms with Crippen LogP contribution in [0.2, 0.25) is 0 Å². The molecule has 1 aliphatic heterocycles. The van der Waals surface area contributed by atoms with E-state index in [1.165, 1.54) is 19.2 Å². The minimum absolute atomic E-state index is 0.0634. The summed E-state index contributed by atoms with van der Waals surface area (Å²) >= 11 is 0. The second-order valence-electron chi connectivity index (χ2n) is 6.69. The fourth-order valence-corrected chi connectivity index (χ4v) is 3.57. The maximum atomic E-state index is 14.0. The third-order valence-electron chi connectivity index (χ3n) is 4.77. The Bertz CT molecular complexity index is 1100. The molecule has 3 aromatic rings. The summed E-state index contributed by atoms with van der Waals surface area (Å²) in [5.41, 5.74) is 2.45. The van der Waals surface area contributed by atoms with E-state index in [9.17, 15) is 13.6 Å². The van der Waals surface area contributed by atoms with Gasteiger partial charge in [0.1, 0.15) is 18.2 Å². The molecule has 1 aliphatic rings. The van der Waals surface area contributed by atoms with Crippen molar-refractivity contribution in [2.24, 2.45) is 0 Å². The highest BCUT2D eigenvalue weighted by molar-refractivity contribution is 5.94. The van der Waals surface area contributed by atoms with Gasteiger partial charge in [0.2, 0.25) is 5.95 Å². The predicted octanol–water partition coefficient (Wildman–Crippen LogP) is 3.79. The van der Waals surface area contributed by atoms with Crippen molar-refractivity contribution < 1.29 is 23.0 Å². The summed E-state index contributed by atoms with van der Waals surface area (Å²) in [5.74, 6) is -1.57. The minimum Gasteiger partial charge on any atom is -0.460 e. The fraction of sp³-hybridized carbons (Fsp3) is 0.238. The zero-order valence-corrected chi connectivity index (χ0v) is 15.9. The second kappa shape index (κ2) is 7.63. The molecule has 150 valence electrons. The average molecular weight is 399 g/mol. The lowest BCUT2D eigenvalue weighted by atomic mass is 9.95. The number of esters is 1. The van der Waals surface area contributed by atoms with Crippen molar-refractivity contribution in [1.29, 1.82) is 0 Å². The monoisotopic (exact) mass is 399 g/mol. The number of anilines is 1. The van der Waals surface area contributed by atoms with Crippen LogP contribution >= 0.6 is 0 Å². The first-order chi connectivity index (χ1) is 14.0. The number of fused-ring (bicyclic) bond motifs is 3. The van der Waals surface area contributed by atoms with Crippen LogP contribution in [0.15, 0.2) is 53.7 Å². The largest absolute Gasteiger partial charge is 0.460 e. The van der Waals surface area contributed by atoms with Crippen LogP contribution in [0.5, 0.6) is 0 Å². The summed E-state index contributed by atoms with van der Waals surface area (Å²) in [5, 5.41) is 3.11. The number of ether oxygens (including phenoxy) is 2. The summed E-state index contributed by atoms with van der Waals surface area (Å²) in [6.07, 6.45) is 0. The van der Waals surface area contributed by atoms with E-state index >= 15 is 0 Å². The molecular weight excluding hydrogens is 380 g/mol. The van der Waals surface area contributed by atoms with Crippen molar-refractivity contribution in [2.45, 2.75) is 13.0 Å². The van der Waals surface area contributed by atoms with Gasteiger partial charge in [-0.3, -0.25) is 4.57 Å². The predicted molar refractivity (Wildman–Crippen MR) is 103 cm³/mol. The average Bonchev–Trinajstić information content (AvgIpc) is 3.04. The Balaban J connectivity index is 1.90. The quantitative estimate of drug-likeness (QED) is 0.522. The molecule has 0 saturated carbocycles. The van der Waals surface area contributed by atoms with Gasteiger partial charge in [-0.05, 0) is 36.8 Å². The van der Waals surface area contributed by atoms with Crippen LogP contribution < -0.4 is 5.32 Å². The van der Waals surface area contributed by atoms with Crippen LogP contribution in [0.3, 0.4) is 0 Å². The lowest BCUT2D eigenvalue weighted by Gasteiger charge is -2.30. The molecule has 0 unspecified atom stereocenters. The molecule has 0 aliphatic carbocycles.